The van der Waals surface area contributed by atoms with Gasteiger partial charge in [0, 0.05) is 22.9 Å². The molecule has 0 aliphatic rings. The van der Waals surface area contributed by atoms with Gasteiger partial charge in [-0.1, -0.05) is 35.9 Å². The SMILES string of the molecule is CCN(C(=O)Nc1cccc(Cl)c1)c1ccccc1C. The number of amides is 2. The molecular formula is C16H17ClN2O. The Balaban J connectivity index is 2.20. The molecule has 0 fully saturated rings. The van der Waals surface area contributed by atoms with Crippen molar-refractivity contribution in [3.8, 4) is 0 Å². The molecule has 0 unspecified atom stereocenters. The molecule has 0 saturated carbocycles. The highest BCUT2D eigenvalue weighted by Crippen LogP contribution is 2.21. The van der Waals surface area contributed by atoms with Crippen molar-refractivity contribution in [1.29, 1.82) is 0 Å². The summed E-state index contributed by atoms with van der Waals surface area (Å²) in [6.07, 6.45) is 0. The number of halogens is 1. The Bertz CT molecular complexity index is 613. The number of rotatable bonds is 3. The highest BCUT2D eigenvalue weighted by atomic mass is 35.5. The largest absolute Gasteiger partial charge is 0.326 e. The van der Waals surface area contributed by atoms with E-state index in [2.05, 4.69) is 5.32 Å². The molecule has 0 aliphatic carbocycles. The first-order valence-electron chi connectivity index (χ1n) is 6.51. The van der Waals surface area contributed by atoms with E-state index in [-0.39, 0.29) is 6.03 Å². The van der Waals surface area contributed by atoms with E-state index < -0.39 is 0 Å². The van der Waals surface area contributed by atoms with E-state index in [1.54, 1.807) is 17.0 Å². The van der Waals surface area contributed by atoms with Gasteiger partial charge in [-0.3, -0.25) is 4.90 Å². The summed E-state index contributed by atoms with van der Waals surface area (Å²) < 4.78 is 0. The van der Waals surface area contributed by atoms with Crippen LogP contribution in [-0.4, -0.2) is 12.6 Å². The minimum Gasteiger partial charge on any atom is -0.307 e. The summed E-state index contributed by atoms with van der Waals surface area (Å²) in [4.78, 5) is 14.1. The van der Waals surface area contributed by atoms with Gasteiger partial charge in [0.2, 0.25) is 0 Å². The Morgan fingerprint density at radius 2 is 1.95 bits per heavy atom. The number of aryl methyl sites for hydroxylation is 1. The maximum atomic E-state index is 12.4. The van der Waals surface area contributed by atoms with Gasteiger partial charge in [-0.2, -0.15) is 0 Å². The lowest BCUT2D eigenvalue weighted by Gasteiger charge is -2.23. The van der Waals surface area contributed by atoms with Crippen molar-refractivity contribution in [2.75, 3.05) is 16.8 Å². The number of urea groups is 1. The van der Waals surface area contributed by atoms with Crippen LogP contribution in [0.1, 0.15) is 12.5 Å². The van der Waals surface area contributed by atoms with Gasteiger partial charge in [-0.15, -0.1) is 0 Å². The lowest BCUT2D eigenvalue weighted by molar-refractivity contribution is 0.257. The molecule has 3 nitrogen and oxygen atoms in total. The van der Waals surface area contributed by atoms with Crippen molar-refractivity contribution in [3.05, 3.63) is 59.1 Å². The predicted octanol–water partition coefficient (Wildman–Crippen LogP) is 4.71. The fraction of sp³-hybridized carbons (Fsp3) is 0.188. The van der Waals surface area contributed by atoms with Crippen molar-refractivity contribution in [2.45, 2.75) is 13.8 Å². The smallest absolute Gasteiger partial charge is 0.307 e. The summed E-state index contributed by atoms with van der Waals surface area (Å²) in [5.41, 5.74) is 2.67. The molecule has 4 heteroatoms. The Hall–Kier alpha value is -2.00. The Kier molecular flexibility index (Phi) is 4.64. The topological polar surface area (TPSA) is 32.3 Å². The van der Waals surface area contributed by atoms with Crippen molar-refractivity contribution in [3.63, 3.8) is 0 Å². The van der Waals surface area contributed by atoms with Crippen molar-refractivity contribution < 1.29 is 4.79 Å². The molecule has 0 spiro atoms. The predicted molar refractivity (Wildman–Crippen MR) is 84.7 cm³/mol. The number of nitrogens with one attached hydrogen (secondary N) is 1. The van der Waals surface area contributed by atoms with Crippen LogP contribution in [0.2, 0.25) is 5.02 Å². The van der Waals surface area contributed by atoms with Gasteiger partial charge < -0.3 is 5.32 Å². The highest BCUT2D eigenvalue weighted by Gasteiger charge is 2.15. The number of nitrogens with zero attached hydrogens (tertiary/aromatic N) is 1. The first-order valence-corrected chi connectivity index (χ1v) is 6.89. The molecule has 0 atom stereocenters. The zero-order chi connectivity index (χ0) is 14.5. The molecule has 0 aromatic heterocycles. The second-order valence-corrected chi connectivity index (χ2v) is 4.91. The van der Waals surface area contributed by atoms with Gasteiger partial charge in [0.1, 0.15) is 0 Å². The van der Waals surface area contributed by atoms with E-state index in [1.165, 1.54) is 0 Å². The van der Waals surface area contributed by atoms with Crippen molar-refractivity contribution >= 4 is 29.0 Å². The van der Waals surface area contributed by atoms with Crippen LogP contribution in [0.25, 0.3) is 0 Å². The third-order valence-electron chi connectivity index (χ3n) is 3.04. The highest BCUT2D eigenvalue weighted by molar-refractivity contribution is 6.30. The van der Waals surface area contributed by atoms with Crippen LogP contribution in [0.4, 0.5) is 16.2 Å². The summed E-state index contributed by atoms with van der Waals surface area (Å²) in [6.45, 7) is 4.53. The maximum Gasteiger partial charge on any atom is 0.326 e. The van der Waals surface area contributed by atoms with Crippen LogP contribution in [0.3, 0.4) is 0 Å². The average Bonchev–Trinajstić information content (AvgIpc) is 2.41. The van der Waals surface area contributed by atoms with Gasteiger partial charge in [-0.25, -0.2) is 4.79 Å². The van der Waals surface area contributed by atoms with Crippen molar-refractivity contribution in [2.24, 2.45) is 0 Å². The van der Waals surface area contributed by atoms with Gasteiger partial charge in [0.15, 0.2) is 0 Å². The van der Waals surface area contributed by atoms with Crippen LogP contribution in [0.5, 0.6) is 0 Å². The van der Waals surface area contributed by atoms with E-state index in [4.69, 9.17) is 11.6 Å². The number of anilines is 2. The van der Waals surface area contributed by atoms with Crippen molar-refractivity contribution in [1.82, 2.24) is 0 Å². The van der Waals surface area contributed by atoms with Crippen LogP contribution in [-0.2, 0) is 0 Å². The van der Waals surface area contributed by atoms with Crippen LogP contribution >= 0.6 is 11.6 Å². The fourth-order valence-electron chi connectivity index (χ4n) is 2.05. The molecule has 2 aromatic rings. The first kappa shape index (κ1) is 14.4. The quantitative estimate of drug-likeness (QED) is 0.872. The molecule has 20 heavy (non-hydrogen) atoms. The normalized spacial score (nSPS) is 10.2. The lowest BCUT2D eigenvalue weighted by Crippen LogP contribution is -2.35. The summed E-state index contributed by atoms with van der Waals surface area (Å²) in [5, 5.41) is 3.46. The molecule has 2 aromatic carbocycles. The minimum absolute atomic E-state index is 0.163. The number of hydrogen-bond donors (Lipinski definition) is 1. The Labute approximate surface area is 124 Å². The van der Waals surface area contributed by atoms with Gasteiger partial charge in [-0.05, 0) is 43.7 Å². The molecule has 2 amide bonds. The van der Waals surface area contributed by atoms with Gasteiger partial charge >= 0.3 is 6.03 Å². The molecule has 0 bridgehead atoms. The van der Waals surface area contributed by atoms with E-state index >= 15 is 0 Å². The summed E-state index contributed by atoms with van der Waals surface area (Å²) in [5.74, 6) is 0. The second-order valence-electron chi connectivity index (χ2n) is 4.47. The van der Waals surface area contributed by atoms with Crippen LogP contribution < -0.4 is 10.2 Å². The van der Waals surface area contributed by atoms with Crippen LogP contribution in [0, 0.1) is 6.92 Å². The second kappa shape index (κ2) is 6.44. The fourth-order valence-corrected chi connectivity index (χ4v) is 2.24. The molecular weight excluding hydrogens is 272 g/mol. The van der Waals surface area contributed by atoms with Crippen LogP contribution in [0.15, 0.2) is 48.5 Å². The third kappa shape index (κ3) is 3.31. The summed E-state index contributed by atoms with van der Waals surface area (Å²) in [6, 6.07) is 14.8. The Morgan fingerprint density at radius 3 is 2.60 bits per heavy atom. The number of carbonyl (C=O) groups is 1. The molecule has 0 heterocycles. The number of benzene rings is 2. The molecule has 0 radical (unpaired) electrons. The molecule has 2 rings (SSSR count). The number of para-hydroxylation sites is 1. The Morgan fingerprint density at radius 1 is 1.20 bits per heavy atom. The zero-order valence-electron chi connectivity index (χ0n) is 11.6. The molecule has 104 valence electrons. The molecule has 0 aliphatic heterocycles. The molecule has 1 N–H and O–H groups in total. The van der Waals surface area contributed by atoms with E-state index in [1.807, 2.05) is 50.2 Å². The average molecular weight is 289 g/mol. The number of carbonyl (C=O) groups excluding carboxylic acids is 1. The number of hydrogen-bond acceptors (Lipinski definition) is 1. The minimum atomic E-state index is -0.163. The van der Waals surface area contributed by atoms with E-state index in [9.17, 15) is 4.79 Å². The van der Waals surface area contributed by atoms with Gasteiger partial charge in [0.25, 0.3) is 0 Å². The zero-order valence-corrected chi connectivity index (χ0v) is 12.3. The maximum absolute atomic E-state index is 12.4. The standard InChI is InChI=1S/C16H17ClN2O/c1-3-19(15-10-5-4-7-12(15)2)16(20)18-14-9-6-8-13(17)11-14/h4-11H,3H2,1-2H3,(H,18,20). The van der Waals surface area contributed by atoms with E-state index in [0.29, 0.717) is 17.3 Å². The monoisotopic (exact) mass is 288 g/mol. The first-order chi connectivity index (χ1) is 9.61. The summed E-state index contributed by atoms with van der Waals surface area (Å²) in [7, 11) is 0. The van der Waals surface area contributed by atoms with E-state index in [0.717, 1.165) is 11.3 Å². The lowest BCUT2D eigenvalue weighted by atomic mass is 10.2. The third-order valence-corrected chi connectivity index (χ3v) is 3.28. The van der Waals surface area contributed by atoms with Gasteiger partial charge in [0.05, 0.1) is 0 Å². The molecule has 0 saturated heterocycles. The summed E-state index contributed by atoms with van der Waals surface area (Å²) >= 11 is 5.92.